The summed E-state index contributed by atoms with van der Waals surface area (Å²) in [7, 11) is 8.44. The van der Waals surface area contributed by atoms with Crippen LogP contribution in [0.25, 0.3) is 22.5 Å². The smallest absolute Gasteiger partial charge is 0.163 e. The fourth-order valence-electron chi connectivity index (χ4n) is 8.45. The second-order valence-electron chi connectivity index (χ2n) is 15.1. The molecule has 3 aromatic carbocycles. The molecule has 1 N–H and O–H groups in total. The van der Waals surface area contributed by atoms with Crippen LogP contribution >= 0.6 is 0 Å². The van der Waals surface area contributed by atoms with E-state index in [4.69, 9.17) is 33.7 Å². The number of phenols is 1. The number of hydrogen-bond acceptors (Lipinski definition) is 10. The monoisotopic (exact) mass is 772 g/mol. The van der Waals surface area contributed by atoms with E-state index in [1.807, 2.05) is 42.7 Å². The van der Waals surface area contributed by atoms with Gasteiger partial charge in [-0.15, -0.1) is 0 Å². The molecule has 5 aromatic rings. The van der Waals surface area contributed by atoms with Crippen molar-refractivity contribution in [2.24, 2.45) is 0 Å². The van der Waals surface area contributed by atoms with Crippen LogP contribution in [-0.4, -0.2) is 74.7 Å². The molecule has 10 heteroatoms. The van der Waals surface area contributed by atoms with E-state index in [0.29, 0.717) is 12.5 Å². The number of aromatic hydroxyl groups is 1. The third kappa shape index (κ3) is 8.76. The van der Waals surface area contributed by atoms with Crippen LogP contribution in [0.1, 0.15) is 73.6 Å². The van der Waals surface area contributed by atoms with Crippen molar-refractivity contribution in [3.05, 3.63) is 101 Å². The zero-order chi connectivity index (χ0) is 39.9. The maximum Gasteiger partial charge on any atom is 0.163 e. The van der Waals surface area contributed by atoms with Crippen molar-refractivity contribution in [3.8, 4) is 57.0 Å². The van der Waals surface area contributed by atoms with E-state index < -0.39 is 0 Å². The Kier molecular flexibility index (Phi) is 12.7. The molecule has 0 spiro atoms. The molecule has 0 amide bonds. The van der Waals surface area contributed by atoms with Gasteiger partial charge in [-0.3, -0.25) is 14.9 Å². The topological polar surface area (TPSA) is 98.6 Å². The summed E-state index contributed by atoms with van der Waals surface area (Å²) >= 11 is 0. The molecule has 0 bridgehead atoms. The highest BCUT2D eigenvalue weighted by molar-refractivity contribution is 5.70. The fourth-order valence-corrected chi connectivity index (χ4v) is 8.45. The van der Waals surface area contributed by atoms with Crippen LogP contribution in [0.5, 0.6) is 34.5 Å². The fraction of sp³-hybridized carbons (Fsp3) is 0.404. The molecule has 7 rings (SSSR count). The molecule has 1 saturated carbocycles. The van der Waals surface area contributed by atoms with E-state index in [-0.39, 0.29) is 11.8 Å². The average Bonchev–Trinajstić information content (AvgIpc) is 3.22. The van der Waals surface area contributed by atoms with Crippen molar-refractivity contribution in [1.29, 1.82) is 0 Å². The highest BCUT2D eigenvalue weighted by atomic mass is 16.5. The lowest BCUT2D eigenvalue weighted by molar-refractivity contribution is 0.201. The Morgan fingerprint density at radius 3 is 2.12 bits per heavy atom. The summed E-state index contributed by atoms with van der Waals surface area (Å²) in [4.78, 5) is 14.7. The first-order valence-corrected chi connectivity index (χ1v) is 20.1. The van der Waals surface area contributed by atoms with E-state index >= 15 is 0 Å². The van der Waals surface area contributed by atoms with E-state index in [1.165, 1.54) is 12.0 Å². The minimum Gasteiger partial charge on any atom is -0.507 e. The van der Waals surface area contributed by atoms with Gasteiger partial charge in [0.1, 0.15) is 23.0 Å². The highest BCUT2D eigenvalue weighted by Gasteiger charge is 2.29. The Labute approximate surface area is 337 Å². The van der Waals surface area contributed by atoms with Gasteiger partial charge < -0.3 is 33.7 Å². The van der Waals surface area contributed by atoms with Crippen LogP contribution < -0.4 is 28.6 Å². The van der Waals surface area contributed by atoms with Gasteiger partial charge in [-0.05, 0) is 97.2 Å². The standard InChI is InChI=1S/C47H56N4O6/c1-7-10-33-22-35(24-44(56-5)47(33)57-6)41-21-31(14-18-48-41)29-50-19-15-37(16-20-50)51(38-26-39(53-2)28-40(27-38)54-3)30-34-13-9-17-49-46(34)36-23-42(52)45(32-11-8-12-32)43(25-36)55-4/h9,13-14,17-18,21-28,32,37,52H,7-8,10-12,15-16,19-20,29-30H2,1-6H3. The quantitative estimate of drug-likeness (QED) is 0.104. The number of nitrogens with zero attached hydrogens (tertiary/aromatic N) is 4. The lowest BCUT2D eigenvalue weighted by atomic mass is 9.78. The number of piperidine rings is 1. The number of ether oxygens (including phenoxy) is 5. The van der Waals surface area contributed by atoms with Gasteiger partial charge in [0.05, 0.1) is 46.9 Å². The predicted molar refractivity (Wildman–Crippen MR) is 225 cm³/mol. The van der Waals surface area contributed by atoms with Gasteiger partial charge in [-0.2, -0.15) is 0 Å². The Bertz CT molecular complexity index is 2120. The molecule has 2 fully saturated rings. The number of hydrogen-bond donors (Lipinski definition) is 1. The summed E-state index contributed by atoms with van der Waals surface area (Å²) < 4.78 is 28.8. The van der Waals surface area contributed by atoms with Crippen LogP contribution in [-0.2, 0) is 19.5 Å². The molecule has 3 heterocycles. The highest BCUT2D eigenvalue weighted by Crippen LogP contribution is 2.47. The summed E-state index contributed by atoms with van der Waals surface area (Å²) in [6, 6.07) is 22.9. The molecule has 57 heavy (non-hydrogen) atoms. The second-order valence-corrected chi connectivity index (χ2v) is 15.1. The maximum atomic E-state index is 11.3. The van der Waals surface area contributed by atoms with Crippen molar-refractivity contribution in [1.82, 2.24) is 14.9 Å². The summed E-state index contributed by atoms with van der Waals surface area (Å²) in [6.45, 7) is 5.48. The zero-order valence-corrected chi connectivity index (χ0v) is 34.2. The van der Waals surface area contributed by atoms with Crippen LogP contribution in [0.4, 0.5) is 5.69 Å². The normalized spacial score (nSPS) is 14.8. The van der Waals surface area contributed by atoms with Gasteiger partial charge in [0.15, 0.2) is 11.5 Å². The first-order chi connectivity index (χ1) is 27.9. The summed E-state index contributed by atoms with van der Waals surface area (Å²) in [5.41, 5.74) is 8.96. The largest absolute Gasteiger partial charge is 0.507 e. The van der Waals surface area contributed by atoms with Crippen LogP contribution in [0, 0.1) is 0 Å². The third-order valence-corrected chi connectivity index (χ3v) is 11.6. The Balaban J connectivity index is 1.13. The van der Waals surface area contributed by atoms with Crippen LogP contribution in [0.3, 0.4) is 0 Å². The van der Waals surface area contributed by atoms with Gasteiger partial charge in [0, 0.05) is 85.2 Å². The predicted octanol–water partition coefficient (Wildman–Crippen LogP) is 9.45. The number of aromatic nitrogens is 2. The summed E-state index contributed by atoms with van der Waals surface area (Å²) in [6.07, 6.45) is 10.9. The summed E-state index contributed by atoms with van der Waals surface area (Å²) in [5.74, 6) is 4.33. The molecule has 0 radical (unpaired) electrons. The van der Waals surface area contributed by atoms with Crippen molar-refractivity contribution < 1.29 is 28.8 Å². The zero-order valence-electron chi connectivity index (χ0n) is 34.2. The number of rotatable bonds is 16. The molecule has 2 aliphatic rings. The number of anilines is 1. The van der Waals surface area contributed by atoms with Gasteiger partial charge in [-0.1, -0.05) is 25.8 Å². The Morgan fingerprint density at radius 2 is 1.47 bits per heavy atom. The Hall–Kier alpha value is -5.48. The molecule has 300 valence electrons. The first kappa shape index (κ1) is 39.7. The molecular weight excluding hydrogens is 717 g/mol. The average molecular weight is 773 g/mol. The number of benzene rings is 3. The molecule has 1 saturated heterocycles. The van der Waals surface area contributed by atoms with E-state index in [9.17, 15) is 5.11 Å². The SMILES string of the molecule is CCCc1cc(-c2cc(CN3CCC(N(Cc4cccnc4-c4cc(O)c(C5CCC5)c(OC)c4)c4cc(OC)cc(OC)c4)CC3)ccn2)cc(OC)c1OC. The second kappa shape index (κ2) is 18.2. The van der Waals surface area contributed by atoms with Crippen molar-refractivity contribution >= 4 is 5.69 Å². The van der Waals surface area contributed by atoms with E-state index in [0.717, 1.165) is 132 Å². The minimum atomic E-state index is 0.242. The molecule has 10 nitrogen and oxygen atoms in total. The maximum absolute atomic E-state index is 11.3. The lowest BCUT2D eigenvalue weighted by Gasteiger charge is -2.40. The number of pyridine rings is 2. The minimum absolute atomic E-state index is 0.242. The van der Waals surface area contributed by atoms with Crippen molar-refractivity contribution in [2.45, 2.75) is 76.9 Å². The molecule has 1 aliphatic heterocycles. The van der Waals surface area contributed by atoms with E-state index in [1.54, 1.807) is 35.5 Å². The van der Waals surface area contributed by atoms with E-state index in [2.05, 4.69) is 53.1 Å². The number of likely N-dealkylation sites (tertiary alicyclic amines) is 1. The van der Waals surface area contributed by atoms with Crippen LogP contribution in [0.2, 0.25) is 0 Å². The number of phenolic OH excluding ortho intramolecular Hbond substituents is 1. The van der Waals surface area contributed by atoms with Crippen LogP contribution in [0.15, 0.2) is 79.1 Å². The molecule has 2 aromatic heterocycles. The van der Waals surface area contributed by atoms with Gasteiger partial charge in [-0.25, -0.2) is 0 Å². The van der Waals surface area contributed by atoms with Gasteiger partial charge in [0.25, 0.3) is 0 Å². The number of aryl methyl sites for hydroxylation is 1. The lowest BCUT2D eigenvalue weighted by Crippen LogP contribution is -2.44. The van der Waals surface area contributed by atoms with Gasteiger partial charge in [0.2, 0.25) is 0 Å². The third-order valence-electron chi connectivity index (χ3n) is 11.6. The van der Waals surface area contributed by atoms with Crippen molar-refractivity contribution in [2.75, 3.05) is 53.5 Å². The van der Waals surface area contributed by atoms with Gasteiger partial charge >= 0.3 is 0 Å². The van der Waals surface area contributed by atoms with Crippen molar-refractivity contribution in [3.63, 3.8) is 0 Å². The molecular formula is C47H56N4O6. The molecule has 0 atom stereocenters. The Morgan fingerprint density at radius 1 is 0.737 bits per heavy atom. The first-order valence-electron chi connectivity index (χ1n) is 20.1. The number of methoxy groups -OCH3 is 5. The molecule has 0 unspecified atom stereocenters. The molecule has 1 aliphatic carbocycles. The summed E-state index contributed by atoms with van der Waals surface area (Å²) in [5, 5.41) is 11.3.